The Hall–Kier alpha value is -4.13. The zero-order valence-corrected chi connectivity index (χ0v) is 22.6. The van der Waals surface area contributed by atoms with Crippen LogP contribution in [0, 0.1) is 0 Å². The molecular weight excluding hydrogens is 492 g/mol. The number of carbonyl (C=O) groups is 3. The molecule has 7 heteroatoms. The molecule has 0 fully saturated rings. The molecule has 0 saturated heterocycles. The number of carbonyl (C=O) groups excluding carboxylic acids is 3. The molecule has 0 saturated carbocycles. The molecule has 1 aliphatic carbocycles. The van der Waals surface area contributed by atoms with Crippen molar-refractivity contribution in [3.8, 4) is 11.1 Å². The Morgan fingerprint density at radius 3 is 2.21 bits per heavy atom. The minimum absolute atomic E-state index is 0.0771. The number of ether oxygens (including phenoxy) is 2. The maximum Gasteiger partial charge on any atom is 0.407 e. The summed E-state index contributed by atoms with van der Waals surface area (Å²) in [6.07, 6.45) is 1.21. The summed E-state index contributed by atoms with van der Waals surface area (Å²) >= 11 is 0. The van der Waals surface area contributed by atoms with Crippen molar-refractivity contribution in [2.75, 3.05) is 18.1 Å². The average molecular weight is 527 g/mol. The van der Waals surface area contributed by atoms with Crippen molar-refractivity contribution < 1.29 is 23.9 Å². The van der Waals surface area contributed by atoms with Gasteiger partial charge in [-0.25, -0.2) is 4.79 Å². The first-order chi connectivity index (χ1) is 18.7. The number of esters is 1. The van der Waals surface area contributed by atoms with Crippen LogP contribution in [-0.4, -0.2) is 42.8 Å². The van der Waals surface area contributed by atoms with E-state index in [1.54, 1.807) is 20.8 Å². The Kier molecular flexibility index (Phi) is 7.42. The third-order valence-electron chi connectivity index (χ3n) is 7.13. The number of anilines is 1. The van der Waals surface area contributed by atoms with E-state index >= 15 is 0 Å². The van der Waals surface area contributed by atoms with Crippen molar-refractivity contribution in [1.82, 2.24) is 5.32 Å². The van der Waals surface area contributed by atoms with Crippen molar-refractivity contribution in [3.63, 3.8) is 0 Å². The molecule has 0 radical (unpaired) electrons. The molecular formula is C32H34N2O5. The number of para-hydroxylation sites is 1. The van der Waals surface area contributed by atoms with E-state index < -0.39 is 23.7 Å². The zero-order valence-electron chi connectivity index (χ0n) is 22.6. The van der Waals surface area contributed by atoms with Crippen molar-refractivity contribution in [3.05, 3.63) is 89.5 Å². The molecule has 3 aromatic carbocycles. The molecule has 1 aliphatic heterocycles. The van der Waals surface area contributed by atoms with Crippen molar-refractivity contribution in [2.24, 2.45) is 0 Å². The topological polar surface area (TPSA) is 84.9 Å². The monoisotopic (exact) mass is 526 g/mol. The van der Waals surface area contributed by atoms with Gasteiger partial charge in [0.05, 0.1) is 0 Å². The third-order valence-corrected chi connectivity index (χ3v) is 7.13. The summed E-state index contributed by atoms with van der Waals surface area (Å²) in [5, 5.41) is 2.79. The minimum atomic E-state index is -0.823. The van der Waals surface area contributed by atoms with Gasteiger partial charge in [0.15, 0.2) is 0 Å². The van der Waals surface area contributed by atoms with Crippen LogP contribution in [0.3, 0.4) is 0 Å². The molecule has 1 atom stereocenters. The molecule has 0 spiro atoms. The predicted octanol–water partition coefficient (Wildman–Crippen LogP) is 5.60. The molecule has 39 heavy (non-hydrogen) atoms. The molecule has 5 rings (SSSR count). The summed E-state index contributed by atoms with van der Waals surface area (Å²) in [4.78, 5) is 40.9. The van der Waals surface area contributed by atoms with Crippen LogP contribution in [0.5, 0.6) is 0 Å². The Morgan fingerprint density at radius 1 is 0.923 bits per heavy atom. The average Bonchev–Trinajstić information content (AvgIpc) is 3.22. The highest BCUT2D eigenvalue weighted by Crippen LogP contribution is 2.44. The number of nitrogens with zero attached hydrogens (tertiary/aromatic N) is 1. The lowest BCUT2D eigenvalue weighted by Gasteiger charge is -2.32. The van der Waals surface area contributed by atoms with Crippen LogP contribution in [0.25, 0.3) is 11.1 Å². The van der Waals surface area contributed by atoms with Crippen LogP contribution in [0.4, 0.5) is 10.5 Å². The van der Waals surface area contributed by atoms with Crippen molar-refractivity contribution >= 4 is 23.7 Å². The van der Waals surface area contributed by atoms with Crippen LogP contribution in [0.1, 0.15) is 56.2 Å². The summed E-state index contributed by atoms with van der Waals surface area (Å²) in [6, 6.07) is 23.0. The van der Waals surface area contributed by atoms with E-state index in [0.717, 1.165) is 34.2 Å². The molecule has 3 aromatic rings. The second-order valence-electron chi connectivity index (χ2n) is 11.1. The van der Waals surface area contributed by atoms with Gasteiger partial charge in [0.1, 0.15) is 24.8 Å². The summed E-state index contributed by atoms with van der Waals surface area (Å²) < 4.78 is 11.2. The fourth-order valence-corrected chi connectivity index (χ4v) is 5.49. The fourth-order valence-electron chi connectivity index (χ4n) is 5.49. The highest BCUT2D eigenvalue weighted by atomic mass is 16.6. The highest BCUT2D eigenvalue weighted by Gasteiger charge is 2.34. The van der Waals surface area contributed by atoms with Gasteiger partial charge in [-0.2, -0.15) is 0 Å². The van der Waals surface area contributed by atoms with E-state index in [-0.39, 0.29) is 25.0 Å². The largest absolute Gasteiger partial charge is 0.459 e. The summed E-state index contributed by atoms with van der Waals surface area (Å²) in [6.45, 7) is 5.28. The van der Waals surface area contributed by atoms with E-state index in [4.69, 9.17) is 9.47 Å². The van der Waals surface area contributed by atoms with Crippen molar-refractivity contribution in [2.45, 2.75) is 57.6 Å². The van der Waals surface area contributed by atoms with E-state index in [0.29, 0.717) is 18.5 Å². The molecule has 2 amide bonds. The molecule has 7 nitrogen and oxygen atoms in total. The van der Waals surface area contributed by atoms with Gasteiger partial charge in [-0.3, -0.25) is 14.5 Å². The first kappa shape index (κ1) is 26.5. The maximum atomic E-state index is 13.7. The number of nitrogens with one attached hydrogen (secondary N) is 1. The fraction of sp³-hybridized carbons (Fsp3) is 0.344. The highest BCUT2D eigenvalue weighted by molar-refractivity contribution is 6.02. The van der Waals surface area contributed by atoms with Crippen LogP contribution in [-0.2, 0) is 25.5 Å². The Bertz CT molecular complexity index is 1350. The maximum absolute atomic E-state index is 13.7. The summed E-state index contributed by atoms with van der Waals surface area (Å²) in [5.41, 5.74) is 5.49. The van der Waals surface area contributed by atoms with Crippen LogP contribution >= 0.6 is 0 Å². The lowest BCUT2D eigenvalue weighted by Crippen LogP contribution is -2.51. The lowest BCUT2D eigenvalue weighted by atomic mass is 9.98. The summed E-state index contributed by atoms with van der Waals surface area (Å²) in [7, 11) is 0. The normalized spacial score (nSPS) is 16.8. The van der Waals surface area contributed by atoms with Gasteiger partial charge >= 0.3 is 12.1 Å². The second-order valence-corrected chi connectivity index (χ2v) is 11.1. The van der Waals surface area contributed by atoms with E-state index in [1.807, 2.05) is 48.5 Å². The Morgan fingerprint density at radius 2 is 1.54 bits per heavy atom. The van der Waals surface area contributed by atoms with E-state index in [2.05, 4.69) is 29.6 Å². The van der Waals surface area contributed by atoms with Crippen LogP contribution in [0.15, 0.2) is 72.8 Å². The lowest BCUT2D eigenvalue weighted by molar-refractivity contribution is -0.153. The van der Waals surface area contributed by atoms with E-state index in [9.17, 15) is 14.4 Å². The van der Waals surface area contributed by atoms with Crippen LogP contribution < -0.4 is 10.2 Å². The number of alkyl carbamates (subject to hydrolysis) is 1. The van der Waals surface area contributed by atoms with Gasteiger partial charge in [-0.15, -0.1) is 0 Å². The van der Waals surface area contributed by atoms with E-state index in [1.165, 1.54) is 4.90 Å². The standard InChI is InChI=1S/C32H34N2O5/c1-32(2,3)39-29(35)19-34-28-18-9-4-11-21(28)12-10-17-27(30(34)36)33-31(37)38-20-26-24-15-7-5-13-22(24)23-14-6-8-16-25(23)26/h4-9,11,13-16,18,26-27H,10,12,17,19-20H2,1-3H3,(H,33,37)/t27-/m1/s1. The molecule has 1 heterocycles. The smallest absolute Gasteiger partial charge is 0.407 e. The Labute approximate surface area is 229 Å². The Balaban J connectivity index is 1.30. The number of amides is 2. The van der Waals surface area contributed by atoms with Crippen molar-refractivity contribution in [1.29, 1.82) is 0 Å². The molecule has 0 aromatic heterocycles. The first-order valence-electron chi connectivity index (χ1n) is 13.4. The van der Waals surface area contributed by atoms with Gasteiger partial charge in [-0.05, 0) is 73.9 Å². The van der Waals surface area contributed by atoms with Gasteiger partial charge in [0, 0.05) is 11.6 Å². The van der Waals surface area contributed by atoms with Gasteiger partial charge in [0.2, 0.25) is 5.91 Å². The first-order valence-corrected chi connectivity index (χ1v) is 13.4. The minimum Gasteiger partial charge on any atom is -0.459 e. The third kappa shape index (κ3) is 5.82. The van der Waals surface area contributed by atoms with Gasteiger partial charge in [-0.1, -0.05) is 66.7 Å². The summed E-state index contributed by atoms with van der Waals surface area (Å²) in [5.74, 6) is -0.945. The predicted molar refractivity (Wildman–Crippen MR) is 150 cm³/mol. The number of hydrogen-bond acceptors (Lipinski definition) is 5. The molecule has 0 unspecified atom stereocenters. The van der Waals surface area contributed by atoms with Gasteiger partial charge < -0.3 is 14.8 Å². The number of benzene rings is 3. The zero-order chi connectivity index (χ0) is 27.6. The molecule has 1 N–H and O–H groups in total. The SMILES string of the molecule is CC(C)(C)OC(=O)CN1C(=O)[C@H](NC(=O)OCC2c3ccccc3-c3ccccc32)CCCc2ccccc21. The molecule has 2 aliphatic rings. The van der Waals surface area contributed by atoms with Crippen LogP contribution in [0.2, 0.25) is 0 Å². The number of aryl methyl sites for hydroxylation is 1. The number of fused-ring (bicyclic) bond motifs is 4. The molecule has 202 valence electrons. The number of hydrogen-bond donors (Lipinski definition) is 1. The van der Waals surface area contributed by atoms with Gasteiger partial charge in [0.25, 0.3) is 0 Å². The number of rotatable bonds is 5. The quantitative estimate of drug-likeness (QED) is 0.437. The molecule has 0 bridgehead atoms. The second kappa shape index (κ2) is 10.9.